The summed E-state index contributed by atoms with van der Waals surface area (Å²) in [6.07, 6.45) is 4.30. The maximum atomic E-state index is 13.6. The van der Waals surface area contributed by atoms with Gasteiger partial charge in [-0.3, -0.25) is 0 Å². The van der Waals surface area contributed by atoms with E-state index in [2.05, 4.69) is 11.6 Å². The van der Waals surface area contributed by atoms with E-state index >= 15 is 0 Å². The Kier molecular flexibility index (Phi) is 9.17. The van der Waals surface area contributed by atoms with Crippen molar-refractivity contribution in [2.75, 3.05) is 37.0 Å². The maximum absolute atomic E-state index is 13.6. The second kappa shape index (κ2) is 11.4. The normalized spacial score (nSPS) is 22.5. The largest absolute Gasteiger partial charge is 0.416 e. The van der Waals surface area contributed by atoms with Crippen molar-refractivity contribution >= 4 is 27.5 Å². The van der Waals surface area contributed by atoms with Crippen LogP contribution in [0.25, 0.3) is 0 Å². The van der Waals surface area contributed by atoms with Gasteiger partial charge in [0.25, 0.3) is 0 Å². The molecule has 0 aliphatic carbocycles. The van der Waals surface area contributed by atoms with Crippen LogP contribution in [0.3, 0.4) is 0 Å². The van der Waals surface area contributed by atoms with Crippen LogP contribution < -0.4 is 5.32 Å². The third-order valence-corrected chi connectivity index (χ3v) is 8.79. The number of halogens is 3. The Morgan fingerprint density at radius 1 is 1.16 bits per heavy atom. The number of anilines is 1. The highest BCUT2D eigenvalue weighted by atomic mass is 32.2. The van der Waals surface area contributed by atoms with E-state index in [1.165, 1.54) is 10.4 Å². The molecule has 1 aromatic carbocycles. The van der Waals surface area contributed by atoms with Gasteiger partial charge in [0.15, 0.2) is 0 Å². The van der Waals surface area contributed by atoms with E-state index in [1.807, 2.05) is 0 Å². The van der Waals surface area contributed by atoms with Crippen molar-refractivity contribution in [2.45, 2.75) is 74.6 Å². The van der Waals surface area contributed by atoms with E-state index in [0.29, 0.717) is 32.5 Å². The highest BCUT2D eigenvalue weighted by molar-refractivity contribution is 7.98. The van der Waals surface area contributed by atoms with E-state index in [9.17, 15) is 21.6 Å². The van der Waals surface area contributed by atoms with Crippen molar-refractivity contribution < 1.29 is 26.3 Å². The summed E-state index contributed by atoms with van der Waals surface area (Å²) >= 11 is 1.80. The highest BCUT2D eigenvalue weighted by Crippen LogP contribution is 2.38. The fourth-order valence-electron chi connectivity index (χ4n) is 4.47. The third-order valence-electron chi connectivity index (χ3n) is 6.13. The predicted molar refractivity (Wildman–Crippen MR) is 123 cm³/mol. The molecule has 0 saturated carbocycles. The number of ether oxygens (including phenoxy) is 1. The van der Waals surface area contributed by atoms with Gasteiger partial charge in [-0.2, -0.15) is 29.2 Å². The van der Waals surface area contributed by atoms with E-state index < -0.39 is 21.8 Å². The van der Waals surface area contributed by atoms with E-state index in [1.54, 1.807) is 11.8 Å². The number of alkyl halides is 3. The number of sulfonamides is 1. The summed E-state index contributed by atoms with van der Waals surface area (Å²) < 4.78 is 74.4. The van der Waals surface area contributed by atoms with Gasteiger partial charge in [0, 0.05) is 19.7 Å². The number of hydrogen-bond acceptors (Lipinski definition) is 5. The summed E-state index contributed by atoms with van der Waals surface area (Å²) in [5.74, 6) is 1.11. The minimum absolute atomic E-state index is 0.184. The van der Waals surface area contributed by atoms with Crippen LogP contribution in [-0.4, -0.2) is 56.6 Å². The number of unbranched alkanes of at least 4 members (excludes halogenated alkanes) is 3. The van der Waals surface area contributed by atoms with Gasteiger partial charge >= 0.3 is 6.18 Å². The van der Waals surface area contributed by atoms with Crippen molar-refractivity contribution in [1.82, 2.24) is 4.31 Å². The van der Waals surface area contributed by atoms with Gasteiger partial charge in [-0.25, -0.2) is 8.42 Å². The van der Waals surface area contributed by atoms with Crippen molar-refractivity contribution in [2.24, 2.45) is 0 Å². The summed E-state index contributed by atoms with van der Waals surface area (Å²) in [6, 6.07) is 2.66. The van der Waals surface area contributed by atoms with Crippen molar-refractivity contribution in [1.29, 1.82) is 0 Å². The standard InChI is InChI=1S/C22H33F3N2O3S2/c1-31-15-5-3-2-4-12-26-18-11-10-17(22(23,24)25)16-21(18)32(28,29)27-13-6-8-19(27)20-9-7-14-30-20/h10-11,16,19-20,26H,2-9,12-15H2,1H3. The van der Waals surface area contributed by atoms with Gasteiger partial charge in [0.2, 0.25) is 10.0 Å². The van der Waals surface area contributed by atoms with Gasteiger partial charge in [-0.15, -0.1) is 0 Å². The fraction of sp³-hybridized carbons (Fsp3) is 0.727. The SMILES string of the molecule is CSCCCCCCNc1ccc(C(F)(F)F)cc1S(=O)(=O)N1CCCC1C1CCCO1. The van der Waals surface area contributed by atoms with Gasteiger partial charge in [-0.05, 0) is 68.7 Å². The van der Waals surface area contributed by atoms with Gasteiger partial charge < -0.3 is 10.1 Å². The molecule has 0 amide bonds. The molecular weight excluding hydrogens is 461 g/mol. The fourth-order valence-corrected chi connectivity index (χ4v) is 6.88. The Labute approximate surface area is 193 Å². The molecule has 2 heterocycles. The zero-order chi connectivity index (χ0) is 23.2. The molecule has 0 bridgehead atoms. The van der Waals surface area contributed by atoms with Gasteiger partial charge in [-0.1, -0.05) is 12.8 Å². The number of nitrogens with one attached hydrogen (secondary N) is 1. The molecule has 1 aromatic rings. The lowest BCUT2D eigenvalue weighted by Crippen LogP contribution is -2.42. The second-order valence-electron chi connectivity index (χ2n) is 8.42. The van der Waals surface area contributed by atoms with Crippen LogP contribution in [0.1, 0.15) is 56.9 Å². The zero-order valence-corrected chi connectivity index (χ0v) is 20.1. The lowest BCUT2D eigenvalue weighted by Gasteiger charge is -2.29. The summed E-state index contributed by atoms with van der Waals surface area (Å²) in [4.78, 5) is -0.292. The molecule has 0 aromatic heterocycles. The number of thioether (sulfide) groups is 1. The zero-order valence-electron chi connectivity index (χ0n) is 18.5. The molecule has 10 heteroatoms. The van der Waals surface area contributed by atoms with Crippen LogP contribution in [0.15, 0.2) is 23.1 Å². The van der Waals surface area contributed by atoms with Crippen molar-refractivity contribution in [3.8, 4) is 0 Å². The summed E-state index contributed by atoms with van der Waals surface area (Å²) in [6.45, 7) is 1.42. The van der Waals surface area contributed by atoms with E-state index in [0.717, 1.165) is 56.4 Å². The van der Waals surface area contributed by atoms with Crippen LogP contribution in [-0.2, 0) is 20.9 Å². The Hall–Kier alpha value is -0.970. The molecule has 5 nitrogen and oxygen atoms in total. The number of hydrogen-bond donors (Lipinski definition) is 1. The molecule has 2 aliphatic rings. The quantitative estimate of drug-likeness (QED) is 0.419. The topological polar surface area (TPSA) is 58.6 Å². The molecule has 2 saturated heterocycles. The predicted octanol–water partition coefficient (Wildman–Crippen LogP) is 5.37. The lowest BCUT2D eigenvalue weighted by atomic mass is 10.1. The first-order chi connectivity index (χ1) is 15.2. The summed E-state index contributed by atoms with van der Waals surface area (Å²) in [5.41, 5.74) is -0.716. The second-order valence-corrected chi connectivity index (χ2v) is 11.3. The Bertz CT molecular complexity index is 843. The average molecular weight is 495 g/mol. The van der Waals surface area contributed by atoms with Crippen LogP contribution in [0, 0.1) is 0 Å². The molecule has 32 heavy (non-hydrogen) atoms. The van der Waals surface area contributed by atoms with E-state index in [4.69, 9.17) is 4.74 Å². The average Bonchev–Trinajstić information content (AvgIpc) is 3.44. The molecule has 1 N–H and O–H groups in total. The minimum atomic E-state index is -4.61. The summed E-state index contributed by atoms with van der Waals surface area (Å²) in [7, 11) is -4.11. The Morgan fingerprint density at radius 2 is 1.94 bits per heavy atom. The molecular formula is C22H33F3N2O3S2. The third kappa shape index (κ3) is 6.33. The summed E-state index contributed by atoms with van der Waals surface area (Å²) in [5, 5.41) is 3.09. The molecule has 2 aliphatic heterocycles. The lowest BCUT2D eigenvalue weighted by molar-refractivity contribution is -0.137. The number of nitrogens with zero attached hydrogens (tertiary/aromatic N) is 1. The van der Waals surface area contributed by atoms with Crippen LogP contribution in [0.5, 0.6) is 0 Å². The molecule has 2 fully saturated rings. The first-order valence-electron chi connectivity index (χ1n) is 11.3. The molecule has 182 valence electrons. The van der Waals surface area contributed by atoms with Crippen LogP contribution >= 0.6 is 11.8 Å². The van der Waals surface area contributed by atoms with Gasteiger partial charge in [0.1, 0.15) is 4.90 Å². The molecule has 0 radical (unpaired) electrons. The molecule has 2 atom stereocenters. The first-order valence-corrected chi connectivity index (χ1v) is 14.2. The first kappa shape index (κ1) is 25.6. The number of benzene rings is 1. The van der Waals surface area contributed by atoms with E-state index in [-0.39, 0.29) is 22.7 Å². The molecule has 0 spiro atoms. The molecule has 2 unspecified atom stereocenters. The molecule has 3 rings (SSSR count). The van der Waals surface area contributed by atoms with Gasteiger partial charge in [0.05, 0.1) is 23.4 Å². The van der Waals surface area contributed by atoms with Crippen molar-refractivity contribution in [3.63, 3.8) is 0 Å². The maximum Gasteiger partial charge on any atom is 0.416 e. The highest BCUT2D eigenvalue weighted by Gasteiger charge is 2.43. The van der Waals surface area contributed by atoms with Crippen LogP contribution in [0.4, 0.5) is 18.9 Å². The smallest absolute Gasteiger partial charge is 0.384 e. The monoisotopic (exact) mass is 494 g/mol. The Balaban J connectivity index is 1.80. The minimum Gasteiger partial charge on any atom is -0.384 e. The Morgan fingerprint density at radius 3 is 2.62 bits per heavy atom. The van der Waals surface area contributed by atoms with Crippen LogP contribution in [0.2, 0.25) is 0 Å². The van der Waals surface area contributed by atoms with Crippen molar-refractivity contribution in [3.05, 3.63) is 23.8 Å². The number of rotatable bonds is 11.